The third-order valence-corrected chi connectivity index (χ3v) is 3.56. The van der Waals surface area contributed by atoms with Crippen molar-refractivity contribution in [3.8, 4) is 0 Å². The van der Waals surface area contributed by atoms with Crippen molar-refractivity contribution >= 4 is 17.7 Å². The summed E-state index contributed by atoms with van der Waals surface area (Å²) in [6.07, 6.45) is 1.40. The first kappa shape index (κ1) is 15.2. The van der Waals surface area contributed by atoms with Crippen LogP contribution in [0.3, 0.4) is 0 Å². The van der Waals surface area contributed by atoms with Gasteiger partial charge in [0.25, 0.3) is 5.91 Å². The maximum atomic E-state index is 12.2. The molecule has 0 aromatic heterocycles. The highest BCUT2D eigenvalue weighted by Crippen LogP contribution is 2.19. The van der Waals surface area contributed by atoms with Gasteiger partial charge < -0.3 is 9.64 Å². The molecular weight excluding hydrogens is 270 g/mol. The molecule has 1 heterocycles. The molecule has 112 valence electrons. The highest BCUT2D eigenvalue weighted by Gasteiger charge is 2.32. The molecule has 1 aromatic rings. The Kier molecular flexibility index (Phi) is 5.09. The molecule has 5 nitrogen and oxygen atoms in total. The second-order valence-electron chi connectivity index (χ2n) is 5.04. The number of carbonyl (C=O) groups excluding carboxylic acids is 3. The third kappa shape index (κ3) is 3.68. The minimum absolute atomic E-state index is 0.260. The Morgan fingerprint density at radius 1 is 1.24 bits per heavy atom. The van der Waals surface area contributed by atoms with Crippen LogP contribution in [-0.4, -0.2) is 42.3 Å². The Hall–Kier alpha value is -2.17. The van der Waals surface area contributed by atoms with Crippen LogP contribution in [0.25, 0.3) is 0 Å². The van der Waals surface area contributed by atoms with Crippen molar-refractivity contribution in [1.82, 2.24) is 4.90 Å². The van der Waals surface area contributed by atoms with Crippen LogP contribution in [0.2, 0.25) is 0 Å². The maximum Gasteiger partial charge on any atom is 0.310 e. The summed E-state index contributed by atoms with van der Waals surface area (Å²) in [6, 6.07) is 8.47. The van der Waals surface area contributed by atoms with Gasteiger partial charge in [0.2, 0.25) is 5.78 Å². The summed E-state index contributed by atoms with van der Waals surface area (Å²) in [6.45, 7) is 2.85. The number of nitrogens with zero attached hydrogens (tertiary/aromatic N) is 1. The molecule has 5 heteroatoms. The summed E-state index contributed by atoms with van der Waals surface area (Å²) in [5, 5.41) is 0. The second-order valence-corrected chi connectivity index (χ2v) is 5.04. The van der Waals surface area contributed by atoms with Gasteiger partial charge in [-0.15, -0.1) is 0 Å². The average molecular weight is 289 g/mol. The lowest BCUT2D eigenvalue weighted by Crippen LogP contribution is -2.45. The van der Waals surface area contributed by atoms with E-state index in [4.69, 9.17) is 4.74 Å². The van der Waals surface area contributed by atoms with Crippen LogP contribution in [0.4, 0.5) is 0 Å². The Balaban J connectivity index is 2.02. The smallest absolute Gasteiger partial charge is 0.310 e. The number of ketones is 1. The zero-order valence-corrected chi connectivity index (χ0v) is 12.1. The van der Waals surface area contributed by atoms with E-state index in [0.717, 1.165) is 0 Å². The number of hydrogen-bond acceptors (Lipinski definition) is 4. The number of benzene rings is 1. The highest BCUT2D eigenvalue weighted by molar-refractivity contribution is 6.42. The number of hydrogen-bond donors (Lipinski definition) is 0. The molecule has 1 fully saturated rings. The summed E-state index contributed by atoms with van der Waals surface area (Å²) in [5.41, 5.74) is 0.376. The van der Waals surface area contributed by atoms with Crippen LogP contribution in [0.5, 0.6) is 0 Å². The first-order chi connectivity index (χ1) is 10.1. The van der Waals surface area contributed by atoms with Crippen LogP contribution >= 0.6 is 0 Å². The lowest BCUT2D eigenvalue weighted by atomic mass is 9.97. The van der Waals surface area contributed by atoms with E-state index >= 15 is 0 Å². The van der Waals surface area contributed by atoms with Crippen LogP contribution in [-0.2, 0) is 14.3 Å². The standard InChI is InChI=1S/C16H19NO4/c1-2-21-16(20)13-9-6-10-17(11-13)15(19)14(18)12-7-4-3-5-8-12/h3-5,7-8,13H,2,6,9-11H2,1H3. The fourth-order valence-electron chi connectivity index (χ4n) is 2.47. The molecular formula is C16H19NO4. The molecule has 0 saturated carbocycles. The first-order valence-corrected chi connectivity index (χ1v) is 7.18. The maximum absolute atomic E-state index is 12.2. The summed E-state index contributed by atoms with van der Waals surface area (Å²) in [4.78, 5) is 37.6. The largest absolute Gasteiger partial charge is 0.466 e. The average Bonchev–Trinajstić information content (AvgIpc) is 2.54. The number of Topliss-reactive ketones (excluding diaryl/α,β-unsaturated/α-hetero) is 1. The van der Waals surface area contributed by atoms with E-state index < -0.39 is 11.7 Å². The molecule has 0 radical (unpaired) electrons. The molecule has 0 bridgehead atoms. The number of likely N-dealkylation sites (tertiary alicyclic amines) is 1. The predicted octanol–water partition coefficient (Wildman–Crippen LogP) is 1.67. The minimum atomic E-state index is -0.546. The van der Waals surface area contributed by atoms with E-state index in [1.807, 2.05) is 0 Å². The van der Waals surface area contributed by atoms with E-state index in [0.29, 0.717) is 31.6 Å². The van der Waals surface area contributed by atoms with E-state index in [-0.39, 0.29) is 18.4 Å². The van der Waals surface area contributed by atoms with Gasteiger partial charge in [-0.05, 0) is 19.8 Å². The summed E-state index contributed by atoms with van der Waals surface area (Å²) < 4.78 is 4.99. The van der Waals surface area contributed by atoms with Gasteiger partial charge in [-0.3, -0.25) is 14.4 Å². The molecule has 1 aromatic carbocycles. The monoisotopic (exact) mass is 289 g/mol. The van der Waals surface area contributed by atoms with Crippen molar-refractivity contribution in [3.05, 3.63) is 35.9 Å². The zero-order valence-electron chi connectivity index (χ0n) is 12.1. The van der Waals surface area contributed by atoms with Crippen LogP contribution < -0.4 is 0 Å². The van der Waals surface area contributed by atoms with Crippen molar-refractivity contribution in [3.63, 3.8) is 0 Å². The third-order valence-electron chi connectivity index (χ3n) is 3.56. The molecule has 1 unspecified atom stereocenters. The normalized spacial score (nSPS) is 18.1. The highest BCUT2D eigenvalue weighted by atomic mass is 16.5. The molecule has 0 spiro atoms. The van der Waals surface area contributed by atoms with Gasteiger partial charge >= 0.3 is 5.97 Å². The van der Waals surface area contributed by atoms with Crippen molar-refractivity contribution in [2.45, 2.75) is 19.8 Å². The molecule has 0 aliphatic carbocycles. The fraction of sp³-hybridized carbons (Fsp3) is 0.438. The zero-order chi connectivity index (χ0) is 15.2. The lowest BCUT2D eigenvalue weighted by molar-refractivity contribution is -0.150. The SMILES string of the molecule is CCOC(=O)C1CCCN(C(=O)C(=O)c2ccccc2)C1. The Morgan fingerprint density at radius 3 is 2.62 bits per heavy atom. The quantitative estimate of drug-likeness (QED) is 0.480. The Bertz CT molecular complexity index is 526. The predicted molar refractivity (Wildman–Crippen MR) is 76.7 cm³/mol. The summed E-state index contributed by atoms with van der Waals surface area (Å²) in [5.74, 6) is -1.69. The van der Waals surface area contributed by atoms with Crippen LogP contribution in [0, 0.1) is 5.92 Å². The van der Waals surface area contributed by atoms with Gasteiger partial charge in [-0.1, -0.05) is 30.3 Å². The number of ether oxygens (including phenoxy) is 1. The molecule has 21 heavy (non-hydrogen) atoms. The van der Waals surface area contributed by atoms with E-state index in [1.54, 1.807) is 37.3 Å². The number of esters is 1. The Morgan fingerprint density at radius 2 is 1.95 bits per heavy atom. The topological polar surface area (TPSA) is 63.7 Å². The van der Waals surface area contributed by atoms with Gasteiger partial charge in [-0.25, -0.2) is 0 Å². The van der Waals surface area contributed by atoms with Gasteiger partial charge in [0.1, 0.15) is 0 Å². The van der Waals surface area contributed by atoms with Gasteiger partial charge in [-0.2, -0.15) is 0 Å². The van der Waals surface area contributed by atoms with Crippen molar-refractivity contribution in [1.29, 1.82) is 0 Å². The fourth-order valence-corrected chi connectivity index (χ4v) is 2.47. The molecule has 1 aliphatic rings. The second kappa shape index (κ2) is 7.02. The van der Waals surface area contributed by atoms with E-state index in [2.05, 4.69) is 0 Å². The molecule has 1 amide bonds. The van der Waals surface area contributed by atoms with E-state index in [1.165, 1.54) is 4.90 Å². The molecule has 0 N–H and O–H groups in total. The molecule has 2 rings (SSSR count). The van der Waals surface area contributed by atoms with Gasteiger partial charge in [0.05, 0.1) is 12.5 Å². The first-order valence-electron chi connectivity index (χ1n) is 7.18. The van der Waals surface area contributed by atoms with Crippen molar-refractivity contribution in [2.75, 3.05) is 19.7 Å². The number of amides is 1. The van der Waals surface area contributed by atoms with Gasteiger partial charge in [0.15, 0.2) is 0 Å². The molecule has 1 saturated heterocycles. The Labute approximate surface area is 123 Å². The lowest BCUT2D eigenvalue weighted by Gasteiger charge is -2.31. The number of rotatable bonds is 4. The summed E-state index contributed by atoms with van der Waals surface area (Å²) in [7, 11) is 0. The molecule has 1 atom stereocenters. The number of carbonyl (C=O) groups is 3. The van der Waals surface area contributed by atoms with Crippen molar-refractivity contribution < 1.29 is 19.1 Å². The summed E-state index contributed by atoms with van der Waals surface area (Å²) >= 11 is 0. The number of piperidine rings is 1. The molecule has 1 aliphatic heterocycles. The van der Waals surface area contributed by atoms with Crippen LogP contribution in [0.15, 0.2) is 30.3 Å². The van der Waals surface area contributed by atoms with Crippen molar-refractivity contribution in [2.24, 2.45) is 5.92 Å². The minimum Gasteiger partial charge on any atom is -0.466 e. The van der Waals surface area contributed by atoms with E-state index in [9.17, 15) is 14.4 Å². The van der Waals surface area contributed by atoms with Crippen LogP contribution in [0.1, 0.15) is 30.1 Å². The van der Waals surface area contributed by atoms with Gasteiger partial charge in [0, 0.05) is 18.7 Å².